The van der Waals surface area contributed by atoms with Crippen molar-refractivity contribution in [2.45, 2.75) is 23.3 Å². The van der Waals surface area contributed by atoms with E-state index >= 15 is 0 Å². The Morgan fingerprint density at radius 2 is 2.32 bits per heavy atom. The smallest absolute Gasteiger partial charge is 0.311 e. The third-order valence-corrected chi connectivity index (χ3v) is 5.51. The van der Waals surface area contributed by atoms with Gasteiger partial charge in [-0.25, -0.2) is 0 Å². The van der Waals surface area contributed by atoms with E-state index in [9.17, 15) is 14.7 Å². The minimum atomic E-state index is -0.630. The van der Waals surface area contributed by atoms with E-state index in [2.05, 4.69) is 16.5 Å². The van der Waals surface area contributed by atoms with Gasteiger partial charge in [-0.3, -0.25) is 19.1 Å². The molecule has 1 aliphatic heterocycles. The first-order valence-electron chi connectivity index (χ1n) is 6.48. The van der Waals surface area contributed by atoms with Crippen LogP contribution >= 0.6 is 23.1 Å². The highest BCUT2D eigenvalue weighted by molar-refractivity contribution is 8.00. The molecule has 3 atom stereocenters. The summed E-state index contributed by atoms with van der Waals surface area (Å²) < 4.78 is 7.27. The van der Waals surface area contributed by atoms with Crippen LogP contribution in [-0.2, 0) is 4.74 Å². The number of nitrogen functional groups attached to an aromatic ring is 1. The molecular formula is C12H14N4O4S2. The Balaban J connectivity index is 2.16. The predicted molar refractivity (Wildman–Crippen MR) is 86.1 cm³/mol. The van der Waals surface area contributed by atoms with Crippen LogP contribution in [0.25, 0.3) is 10.3 Å². The monoisotopic (exact) mass is 342 g/mol. The molecule has 118 valence electrons. The zero-order valence-electron chi connectivity index (χ0n) is 11.4. The average molecular weight is 342 g/mol. The van der Waals surface area contributed by atoms with Crippen molar-refractivity contribution in [3.63, 3.8) is 0 Å². The third kappa shape index (κ3) is 2.47. The molecule has 0 aromatic carbocycles. The number of allylic oxidation sites excluding steroid dienone is 1. The molecule has 22 heavy (non-hydrogen) atoms. The van der Waals surface area contributed by atoms with Gasteiger partial charge in [0.2, 0.25) is 5.95 Å². The molecule has 8 nitrogen and oxygen atoms in total. The minimum Gasteiger partial charge on any atom is -0.393 e. The van der Waals surface area contributed by atoms with Crippen molar-refractivity contribution in [2.75, 3.05) is 12.3 Å². The molecule has 3 rings (SSSR count). The molecule has 10 heteroatoms. The van der Waals surface area contributed by atoms with E-state index < -0.39 is 17.2 Å². The first-order chi connectivity index (χ1) is 10.5. The van der Waals surface area contributed by atoms with Gasteiger partial charge in [-0.1, -0.05) is 17.4 Å². The Hall–Kier alpha value is -1.62. The lowest BCUT2D eigenvalue weighted by atomic mass is 10.2. The summed E-state index contributed by atoms with van der Waals surface area (Å²) in [4.78, 5) is 30.3. The molecule has 2 aromatic rings. The van der Waals surface area contributed by atoms with Gasteiger partial charge in [0.15, 0.2) is 11.9 Å². The fraction of sp³-hybridized carbons (Fsp3) is 0.417. The van der Waals surface area contributed by atoms with Crippen LogP contribution in [0.2, 0.25) is 0 Å². The maximum atomic E-state index is 12.3. The Kier molecular flexibility index (Phi) is 4.08. The first kappa shape index (κ1) is 15.3. The number of anilines is 1. The molecule has 4 N–H and O–H groups in total. The van der Waals surface area contributed by atoms with Crippen molar-refractivity contribution >= 4 is 39.4 Å². The van der Waals surface area contributed by atoms with Crippen molar-refractivity contribution in [3.05, 3.63) is 32.7 Å². The van der Waals surface area contributed by atoms with Gasteiger partial charge in [-0.2, -0.15) is 4.98 Å². The van der Waals surface area contributed by atoms with Crippen LogP contribution < -0.4 is 16.2 Å². The number of nitrogens with zero attached hydrogens (tertiary/aromatic N) is 2. The number of nitrogens with two attached hydrogens (primary N) is 1. The Bertz CT molecular complexity index is 827. The van der Waals surface area contributed by atoms with Gasteiger partial charge >= 0.3 is 4.87 Å². The number of hydrogen-bond acceptors (Lipinski definition) is 8. The molecule has 2 aromatic heterocycles. The van der Waals surface area contributed by atoms with Crippen molar-refractivity contribution in [1.29, 1.82) is 0 Å². The summed E-state index contributed by atoms with van der Waals surface area (Å²) in [7, 11) is 0. The van der Waals surface area contributed by atoms with Crippen molar-refractivity contribution < 1.29 is 9.84 Å². The number of fused-ring (bicyclic) bond motifs is 1. The average Bonchev–Trinajstić information content (AvgIpc) is 3.00. The van der Waals surface area contributed by atoms with Crippen molar-refractivity contribution in [3.8, 4) is 0 Å². The lowest BCUT2D eigenvalue weighted by molar-refractivity contribution is -0.0145. The molecule has 0 saturated carbocycles. The summed E-state index contributed by atoms with van der Waals surface area (Å²) >= 11 is 2.22. The lowest BCUT2D eigenvalue weighted by Crippen LogP contribution is -2.27. The summed E-state index contributed by atoms with van der Waals surface area (Å²) in [5.41, 5.74) is 4.89. The van der Waals surface area contributed by atoms with E-state index in [0.717, 1.165) is 11.3 Å². The maximum Gasteiger partial charge on any atom is 0.311 e. The van der Waals surface area contributed by atoms with Crippen LogP contribution in [0.3, 0.4) is 0 Å². The van der Waals surface area contributed by atoms with Crippen LogP contribution in [0.4, 0.5) is 5.95 Å². The highest BCUT2D eigenvalue weighted by Gasteiger charge is 2.38. The molecule has 0 spiro atoms. The second-order valence-corrected chi connectivity index (χ2v) is 7.04. The molecular weight excluding hydrogens is 328 g/mol. The van der Waals surface area contributed by atoms with Gasteiger partial charge in [0.1, 0.15) is 10.1 Å². The number of aromatic amines is 1. The van der Waals surface area contributed by atoms with Crippen LogP contribution in [0, 0.1) is 0 Å². The van der Waals surface area contributed by atoms with Crippen molar-refractivity contribution in [2.24, 2.45) is 0 Å². The van der Waals surface area contributed by atoms with Gasteiger partial charge in [-0.15, -0.1) is 18.3 Å². The number of hydrogen-bond donors (Lipinski definition) is 3. The van der Waals surface area contributed by atoms with E-state index in [1.807, 2.05) is 0 Å². The molecule has 0 bridgehead atoms. The number of ether oxygens (including phenoxy) is 1. The SMILES string of the molecule is C=CCC1SC(CO)OC1n1c(=O)sc2c(=O)[nH]c(N)nc21. The van der Waals surface area contributed by atoms with Crippen LogP contribution in [0.1, 0.15) is 12.6 Å². The van der Waals surface area contributed by atoms with Gasteiger partial charge in [0.25, 0.3) is 5.56 Å². The lowest BCUT2D eigenvalue weighted by Gasteiger charge is -2.17. The number of aliphatic hydroxyl groups is 1. The van der Waals surface area contributed by atoms with Gasteiger partial charge in [0, 0.05) is 0 Å². The second-order valence-electron chi connectivity index (χ2n) is 4.68. The third-order valence-electron chi connectivity index (χ3n) is 3.23. The summed E-state index contributed by atoms with van der Waals surface area (Å²) in [5, 5.41) is 9.19. The number of H-pyrrole nitrogens is 1. The van der Waals surface area contributed by atoms with Gasteiger partial charge < -0.3 is 15.6 Å². The zero-order chi connectivity index (χ0) is 15.9. The molecule has 0 amide bonds. The van der Waals surface area contributed by atoms with Gasteiger partial charge in [0.05, 0.1) is 11.9 Å². The Morgan fingerprint density at radius 1 is 1.55 bits per heavy atom. The first-order valence-corrected chi connectivity index (χ1v) is 8.24. The number of thioether (sulfide) groups is 1. The fourth-order valence-electron chi connectivity index (χ4n) is 2.36. The maximum absolute atomic E-state index is 12.3. The number of thiazole rings is 1. The number of aromatic nitrogens is 3. The summed E-state index contributed by atoms with van der Waals surface area (Å²) in [5.74, 6) is -0.0614. The molecule has 1 saturated heterocycles. The van der Waals surface area contributed by atoms with Gasteiger partial charge in [-0.05, 0) is 6.42 Å². The quantitative estimate of drug-likeness (QED) is 0.681. The largest absolute Gasteiger partial charge is 0.393 e. The van der Waals surface area contributed by atoms with Crippen molar-refractivity contribution in [1.82, 2.24) is 14.5 Å². The minimum absolute atomic E-state index is 0.0614. The van der Waals surface area contributed by atoms with Crippen LogP contribution in [0.15, 0.2) is 22.2 Å². The highest BCUT2D eigenvalue weighted by Crippen LogP contribution is 2.41. The highest BCUT2D eigenvalue weighted by atomic mass is 32.2. The van der Waals surface area contributed by atoms with Crippen LogP contribution in [0.5, 0.6) is 0 Å². The summed E-state index contributed by atoms with van der Waals surface area (Å²) in [6.45, 7) is 3.53. The number of nitrogens with one attached hydrogen (secondary N) is 1. The summed E-state index contributed by atoms with van der Waals surface area (Å²) in [6.07, 6.45) is 1.69. The normalized spacial score (nSPS) is 24.9. The molecule has 0 aliphatic carbocycles. The van der Waals surface area contributed by atoms with E-state index in [4.69, 9.17) is 10.5 Å². The number of rotatable bonds is 4. The molecule has 3 heterocycles. The number of aliphatic hydroxyl groups excluding tert-OH is 1. The second kappa shape index (κ2) is 5.88. The summed E-state index contributed by atoms with van der Waals surface area (Å²) in [6, 6.07) is 0. The Morgan fingerprint density at radius 3 is 3.00 bits per heavy atom. The molecule has 3 unspecified atom stereocenters. The molecule has 0 radical (unpaired) electrons. The van der Waals surface area contributed by atoms with E-state index in [0.29, 0.717) is 6.42 Å². The fourth-order valence-corrected chi connectivity index (χ4v) is 4.42. The predicted octanol–water partition coefficient (Wildman–Crippen LogP) is 0.254. The van der Waals surface area contributed by atoms with E-state index in [-0.39, 0.29) is 33.0 Å². The van der Waals surface area contributed by atoms with Crippen LogP contribution in [-0.4, -0.2) is 36.9 Å². The molecule has 1 aliphatic rings. The Labute approximate surface area is 132 Å². The standard InChI is InChI=1S/C12H14N4O4S2/c1-2-3-5-10(20-6(4-17)21-5)16-8-7(22-12(16)19)9(18)15-11(13)14-8/h2,5-6,10,17H,1,3-4H2,(H3,13,14,15,18). The van der Waals surface area contributed by atoms with E-state index in [1.165, 1.54) is 16.3 Å². The van der Waals surface area contributed by atoms with E-state index in [1.54, 1.807) is 6.08 Å². The zero-order valence-corrected chi connectivity index (χ0v) is 13.0. The molecule has 1 fully saturated rings. The topological polar surface area (TPSA) is 123 Å².